The smallest absolute Gasteiger partial charge is 0.426 e. The summed E-state index contributed by atoms with van der Waals surface area (Å²) in [4.78, 5) is 0. The zero-order valence-electron chi connectivity index (χ0n) is 16.9. The van der Waals surface area contributed by atoms with E-state index >= 15 is 0 Å². The van der Waals surface area contributed by atoms with Crippen LogP contribution in [0.4, 0.5) is 30.7 Å². The van der Waals surface area contributed by atoms with Gasteiger partial charge in [0, 0.05) is 12.1 Å². The lowest BCUT2D eigenvalue weighted by molar-refractivity contribution is -0.185. The summed E-state index contributed by atoms with van der Waals surface area (Å²) in [5, 5.41) is 0. The Labute approximate surface area is 183 Å². The van der Waals surface area contributed by atoms with Crippen molar-refractivity contribution in [1.29, 1.82) is 0 Å². The third kappa shape index (κ3) is 5.76. The topological polar surface area (TPSA) is 27.7 Å². The third-order valence-electron chi connectivity index (χ3n) is 4.26. The summed E-state index contributed by atoms with van der Waals surface area (Å²) in [6, 6.07) is 8.25. The van der Waals surface area contributed by atoms with E-state index in [2.05, 4.69) is 9.47 Å². The van der Waals surface area contributed by atoms with E-state index in [1.807, 2.05) is 0 Å². The van der Waals surface area contributed by atoms with Gasteiger partial charge in [-0.3, -0.25) is 0 Å². The fourth-order valence-corrected chi connectivity index (χ4v) is 2.86. The van der Waals surface area contributed by atoms with Crippen LogP contribution in [0.5, 0.6) is 17.2 Å². The summed E-state index contributed by atoms with van der Waals surface area (Å²) in [5.74, 6) is -4.86. The van der Waals surface area contributed by atoms with E-state index in [0.717, 1.165) is 24.3 Å². The van der Waals surface area contributed by atoms with Crippen LogP contribution in [0.15, 0.2) is 66.9 Å². The maximum absolute atomic E-state index is 14.6. The number of hydrogen-bond donors (Lipinski definition) is 0. The summed E-state index contributed by atoms with van der Waals surface area (Å²) in [7, 11) is 0. The summed E-state index contributed by atoms with van der Waals surface area (Å²) in [5.41, 5.74) is -1.62. The molecule has 3 rings (SSSR count). The molecule has 0 bridgehead atoms. The molecule has 33 heavy (non-hydrogen) atoms. The molecule has 10 heteroatoms. The van der Waals surface area contributed by atoms with E-state index in [1.54, 1.807) is 6.92 Å². The van der Waals surface area contributed by atoms with Gasteiger partial charge in [-0.25, -0.2) is 13.2 Å². The molecule has 3 aromatic carbocycles. The number of alkyl halides is 2. The van der Waals surface area contributed by atoms with Gasteiger partial charge in [-0.15, -0.1) is 0 Å². The first-order valence-electron chi connectivity index (χ1n) is 9.37. The highest BCUT2D eigenvalue weighted by molar-refractivity contribution is 5.67. The van der Waals surface area contributed by atoms with Crippen LogP contribution in [0.25, 0.3) is 11.1 Å². The molecule has 0 radical (unpaired) electrons. The molecule has 0 heterocycles. The molecule has 0 atom stereocenters. The summed E-state index contributed by atoms with van der Waals surface area (Å²) < 4.78 is 110. The van der Waals surface area contributed by atoms with Crippen molar-refractivity contribution in [3.8, 4) is 28.4 Å². The molecule has 0 fully saturated rings. The number of halogens is 7. The summed E-state index contributed by atoms with van der Waals surface area (Å²) in [6.45, 7) is 2.06. The van der Waals surface area contributed by atoms with Crippen LogP contribution in [0.2, 0.25) is 0 Å². The molecule has 0 saturated carbocycles. The zero-order valence-corrected chi connectivity index (χ0v) is 16.9. The molecule has 0 amide bonds. The predicted octanol–water partition coefficient (Wildman–Crippen LogP) is 7.41. The van der Waals surface area contributed by atoms with Crippen LogP contribution in [-0.2, 0) is 6.11 Å². The van der Waals surface area contributed by atoms with E-state index in [1.165, 1.54) is 12.1 Å². The lowest BCUT2D eigenvalue weighted by Gasteiger charge is -2.19. The molecule has 3 aromatic rings. The Morgan fingerprint density at radius 3 is 2.03 bits per heavy atom. The lowest BCUT2D eigenvalue weighted by Crippen LogP contribution is -2.22. The van der Waals surface area contributed by atoms with E-state index in [0.29, 0.717) is 30.6 Å². The average Bonchev–Trinajstić information content (AvgIpc) is 2.73. The highest BCUT2D eigenvalue weighted by atomic mass is 19.3. The van der Waals surface area contributed by atoms with Crippen molar-refractivity contribution in [3.05, 3.63) is 90.0 Å². The molecule has 0 unspecified atom stereocenters. The predicted molar refractivity (Wildman–Crippen MR) is 105 cm³/mol. The minimum absolute atomic E-state index is 0.00403. The van der Waals surface area contributed by atoms with Gasteiger partial charge < -0.3 is 14.2 Å². The third-order valence-corrected chi connectivity index (χ3v) is 4.26. The molecule has 0 aliphatic rings. The van der Waals surface area contributed by atoms with E-state index in [4.69, 9.17) is 4.74 Å². The monoisotopic (exact) mass is 472 g/mol. The van der Waals surface area contributed by atoms with Gasteiger partial charge in [-0.05, 0) is 48.9 Å². The Kier molecular flexibility index (Phi) is 7.15. The molecular weight excluding hydrogens is 457 g/mol. The Balaban J connectivity index is 1.85. The van der Waals surface area contributed by atoms with Gasteiger partial charge >= 0.3 is 12.2 Å². The van der Waals surface area contributed by atoms with Crippen molar-refractivity contribution in [2.75, 3.05) is 6.61 Å². The zero-order chi connectivity index (χ0) is 24.2. The van der Waals surface area contributed by atoms with Crippen molar-refractivity contribution in [2.24, 2.45) is 0 Å². The Morgan fingerprint density at radius 1 is 0.848 bits per heavy atom. The Morgan fingerprint density at radius 2 is 1.48 bits per heavy atom. The number of ether oxygens (including phenoxy) is 3. The van der Waals surface area contributed by atoms with Gasteiger partial charge in [-0.2, -0.15) is 17.6 Å². The Hall–Kier alpha value is -3.69. The van der Waals surface area contributed by atoms with Crippen LogP contribution >= 0.6 is 0 Å². The quantitative estimate of drug-likeness (QED) is 0.252. The van der Waals surface area contributed by atoms with Gasteiger partial charge in [-0.1, -0.05) is 6.07 Å². The largest absolute Gasteiger partial charge is 0.494 e. The van der Waals surface area contributed by atoms with Crippen molar-refractivity contribution in [3.63, 3.8) is 0 Å². The standard InChI is InChI=1S/C23H15F7O3/c1-2-31-15-6-4-14(5-7-15)23(29,30)33-16-10-18(25)22(19(26)11-16)13-3-8-20(17(24)9-13)32-12-21(27)28/h3-12H,2H2,1H3. The molecule has 0 aliphatic heterocycles. The molecule has 0 aromatic heterocycles. The van der Waals surface area contributed by atoms with Gasteiger partial charge in [0.2, 0.25) is 0 Å². The lowest BCUT2D eigenvalue weighted by atomic mass is 10.0. The Bertz CT molecular complexity index is 1130. The van der Waals surface area contributed by atoms with Crippen molar-refractivity contribution in [2.45, 2.75) is 13.0 Å². The molecule has 0 aliphatic carbocycles. The molecule has 3 nitrogen and oxygen atoms in total. The van der Waals surface area contributed by atoms with Gasteiger partial charge in [0.25, 0.3) is 0 Å². The van der Waals surface area contributed by atoms with Gasteiger partial charge in [0.05, 0.1) is 17.7 Å². The van der Waals surface area contributed by atoms with Crippen LogP contribution in [0.3, 0.4) is 0 Å². The highest BCUT2D eigenvalue weighted by Gasteiger charge is 2.35. The maximum atomic E-state index is 14.6. The molecule has 174 valence electrons. The highest BCUT2D eigenvalue weighted by Crippen LogP contribution is 2.36. The normalized spacial score (nSPS) is 11.2. The second kappa shape index (κ2) is 9.85. The molecular formula is C23H15F7O3. The van der Waals surface area contributed by atoms with Gasteiger partial charge in [0.15, 0.2) is 17.8 Å². The summed E-state index contributed by atoms with van der Waals surface area (Å²) in [6.07, 6.45) is -6.14. The van der Waals surface area contributed by atoms with Crippen molar-refractivity contribution >= 4 is 0 Å². The molecule has 0 N–H and O–H groups in total. The molecule has 0 saturated heterocycles. The van der Waals surface area contributed by atoms with E-state index in [-0.39, 0.29) is 11.8 Å². The molecule has 0 spiro atoms. The second-order valence-corrected chi connectivity index (χ2v) is 6.51. The minimum atomic E-state index is -3.92. The second-order valence-electron chi connectivity index (χ2n) is 6.51. The fraction of sp³-hybridized carbons (Fsp3) is 0.130. The SMILES string of the molecule is CCOc1ccc(C(F)(F)Oc2cc(F)c(-c3ccc(OC=C(F)F)c(F)c3)c(F)c2)cc1. The minimum Gasteiger partial charge on any atom is -0.494 e. The first-order valence-corrected chi connectivity index (χ1v) is 9.37. The van der Waals surface area contributed by atoms with Gasteiger partial charge in [0.1, 0.15) is 23.1 Å². The van der Waals surface area contributed by atoms with E-state index in [9.17, 15) is 30.7 Å². The maximum Gasteiger partial charge on any atom is 0.426 e. The number of hydrogen-bond acceptors (Lipinski definition) is 3. The van der Waals surface area contributed by atoms with Crippen molar-refractivity contribution < 1.29 is 44.9 Å². The van der Waals surface area contributed by atoms with Crippen LogP contribution in [0, 0.1) is 17.5 Å². The summed E-state index contributed by atoms with van der Waals surface area (Å²) >= 11 is 0. The fourth-order valence-electron chi connectivity index (χ4n) is 2.86. The van der Waals surface area contributed by atoms with Crippen LogP contribution in [-0.4, -0.2) is 6.61 Å². The first kappa shape index (κ1) is 24.0. The van der Waals surface area contributed by atoms with Crippen LogP contribution in [0.1, 0.15) is 12.5 Å². The van der Waals surface area contributed by atoms with Crippen LogP contribution < -0.4 is 14.2 Å². The number of rotatable bonds is 8. The van der Waals surface area contributed by atoms with Crippen molar-refractivity contribution in [1.82, 2.24) is 0 Å². The average molecular weight is 472 g/mol. The van der Waals surface area contributed by atoms with E-state index < -0.39 is 52.3 Å². The number of benzene rings is 3. The first-order chi connectivity index (χ1) is 15.6.